The number of rotatable bonds is 5. The van der Waals surface area contributed by atoms with Crippen molar-refractivity contribution in [3.05, 3.63) is 64.2 Å². The predicted molar refractivity (Wildman–Crippen MR) is 106 cm³/mol. The lowest BCUT2D eigenvalue weighted by atomic mass is 10.00. The molecule has 0 saturated carbocycles. The van der Waals surface area contributed by atoms with Crippen molar-refractivity contribution in [2.45, 2.75) is 26.3 Å². The lowest BCUT2D eigenvalue weighted by Gasteiger charge is -2.22. The van der Waals surface area contributed by atoms with Gasteiger partial charge >= 0.3 is 5.97 Å². The van der Waals surface area contributed by atoms with Crippen molar-refractivity contribution >= 4 is 40.6 Å². The van der Waals surface area contributed by atoms with Crippen LogP contribution in [0.1, 0.15) is 40.9 Å². The molecular weight excluding hydrogens is 356 g/mol. The monoisotopic (exact) mass is 376 g/mol. The number of benzene rings is 2. The summed E-state index contributed by atoms with van der Waals surface area (Å²) < 4.78 is 4.73. The molecule has 25 heavy (non-hydrogen) atoms. The van der Waals surface area contributed by atoms with Crippen LogP contribution < -0.4 is 10.6 Å². The quantitative estimate of drug-likeness (QED) is 0.575. The molecule has 2 N–H and O–H groups in total. The van der Waals surface area contributed by atoms with Gasteiger partial charge in [-0.1, -0.05) is 42.8 Å². The summed E-state index contributed by atoms with van der Waals surface area (Å²) in [7, 11) is 1.34. The molecule has 0 aliphatic rings. The van der Waals surface area contributed by atoms with E-state index < -0.39 is 5.97 Å². The average Bonchev–Trinajstić information content (AvgIpc) is 2.61. The molecule has 0 fully saturated rings. The van der Waals surface area contributed by atoms with Crippen LogP contribution in [0, 0.1) is 6.92 Å². The van der Waals surface area contributed by atoms with Gasteiger partial charge in [-0.05, 0) is 54.9 Å². The highest BCUT2D eigenvalue weighted by Crippen LogP contribution is 2.24. The molecule has 0 bridgehead atoms. The molecule has 0 radical (unpaired) electrons. The fourth-order valence-corrected chi connectivity index (χ4v) is 2.98. The summed E-state index contributed by atoms with van der Waals surface area (Å²) >= 11 is 11.6. The Labute approximate surface area is 158 Å². The molecule has 0 saturated heterocycles. The number of thiocarbonyl (C=S) groups is 1. The van der Waals surface area contributed by atoms with Crippen molar-refractivity contribution in [1.82, 2.24) is 5.32 Å². The largest absolute Gasteiger partial charge is 0.465 e. The zero-order chi connectivity index (χ0) is 18.4. The molecule has 132 valence electrons. The minimum Gasteiger partial charge on any atom is -0.465 e. The van der Waals surface area contributed by atoms with Gasteiger partial charge < -0.3 is 15.4 Å². The van der Waals surface area contributed by atoms with E-state index in [4.69, 9.17) is 28.6 Å². The van der Waals surface area contributed by atoms with Gasteiger partial charge in [0.15, 0.2) is 5.11 Å². The molecule has 0 heterocycles. The normalized spacial score (nSPS) is 11.5. The molecule has 0 unspecified atom stereocenters. The third-order valence-electron chi connectivity index (χ3n) is 3.91. The Hall–Kier alpha value is -2.11. The third-order valence-corrected chi connectivity index (χ3v) is 4.46. The maximum Gasteiger partial charge on any atom is 0.337 e. The van der Waals surface area contributed by atoms with Crippen molar-refractivity contribution in [2.75, 3.05) is 12.4 Å². The number of nitrogens with one attached hydrogen (secondary N) is 2. The van der Waals surface area contributed by atoms with Crippen LogP contribution in [0.3, 0.4) is 0 Å². The molecule has 0 amide bonds. The highest BCUT2D eigenvalue weighted by atomic mass is 35.5. The van der Waals surface area contributed by atoms with E-state index in [9.17, 15) is 4.79 Å². The number of methoxy groups -OCH3 is 1. The summed E-state index contributed by atoms with van der Waals surface area (Å²) in [5.41, 5.74) is 3.36. The van der Waals surface area contributed by atoms with Gasteiger partial charge in [-0.2, -0.15) is 0 Å². The maximum atomic E-state index is 11.7. The van der Waals surface area contributed by atoms with Gasteiger partial charge in [0.05, 0.1) is 29.4 Å². The van der Waals surface area contributed by atoms with Crippen LogP contribution in [0.2, 0.25) is 5.02 Å². The van der Waals surface area contributed by atoms with Gasteiger partial charge in [0.25, 0.3) is 0 Å². The standard InChI is InChI=1S/C19H21ClN2O2S/c1-4-16(14-8-6-5-7-12(14)2)21-19(25)22-17-11-13(18(23)24-3)9-10-15(17)20/h5-11,16H,4H2,1-3H3,(H2,21,22,25)/t16-/m1/s1. The molecule has 2 rings (SSSR count). The summed E-state index contributed by atoms with van der Waals surface area (Å²) in [6.07, 6.45) is 0.878. The van der Waals surface area contributed by atoms with Crippen molar-refractivity contribution < 1.29 is 9.53 Å². The van der Waals surface area contributed by atoms with E-state index >= 15 is 0 Å². The van der Waals surface area contributed by atoms with Crippen LogP contribution in [0.5, 0.6) is 0 Å². The van der Waals surface area contributed by atoms with Crippen molar-refractivity contribution in [1.29, 1.82) is 0 Å². The molecule has 0 aromatic heterocycles. The summed E-state index contributed by atoms with van der Waals surface area (Å²) in [5, 5.41) is 7.29. The first-order valence-electron chi connectivity index (χ1n) is 7.97. The fourth-order valence-electron chi connectivity index (χ4n) is 2.56. The molecule has 1 atom stereocenters. The number of halogens is 1. The lowest BCUT2D eigenvalue weighted by Crippen LogP contribution is -2.32. The smallest absolute Gasteiger partial charge is 0.337 e. The van der Waals surface area contributed by atoms with Gasteiger partial charge in [-0.3, -0.25) is 0 Å². The third kappa shape index (κ3) is 4.94. The Morgan fingerprint density at radius 3 is 2.64 bits per heavy atom. The Bertz CT molecular complexity index is 780. The first-order valence-corrected chi connectivity index (χ1v) is 8.75. The molecule has 0 aliphatic heterocycles. The van der Waals surface area contributed by atoms with Crippen LogP contribution in [-0.2, 0) is 4.74 Å². The number of carbonyl (C=O) groups is 1. The molecule has 2 aromatic carbocycles. The van der Waals surface area contributed by atoms with E-state index in [1.165, 1.54) is 18.2 Å². The first-order chi connectivity index (χ1) is 12.0. The molecular formula is C19H21ClN2O2S. The van der Waals surface area contributed by atoms with Crippen LogP contribution in [0.4, 0.5) is 5.69 Å². The summed E-state index contributed by atoms with van der Waals surface area (Å²) in [6.45, 7) is 4.17. The van der Waals surface area contributed by atoms with E-state index in [2.05, 4.69) is 36.6 Å². The van der Waals surface area contributed by atoms with Gasteiger partial charge in [-0.15, -0.1) is 0 Å². The number of carbonyl (C=O) groups excluding carboxylic acids is 1. The second-order valence-corrected chi connectivity index (χ2v) is 6.42. The number of aryl methyl sites for hydroxylation is 1. The fraction of sp³-hybridized carbons (Fsp3) is 0.263. The first kappa shape index (κ1) is 19.2. The Morgan fingerprint density at radius 2 is 2.00 bits per heavy atom. The summed E-state index contributed by atoms with van der Waals surface area (Å²) in [4.78, 5) is 11.7. The van der Waals surface area contributed by atoms with E-state index in [0.717, 1.165) is 6.42 Å². The van der Waals surface area contributed by atoms with Crippen molar-refractivity contribution in [3.8, 4) is 0 Å². The second-order valence-electron chi connectivity index (χ2n) is 5.60. The predicted octanol–water partition coefficient (Wildman–Crippen LogP) is 4.87. The zero-order valence-electron chi connectivity index (χ0n) is 14.4. The van der Waals surface area contributed by atoms with E-state index in [0.29, 0.717) is 21.4 Å². The van der Waals surface area contributed by atoms with Crippen LogP contribution in [0.25, 0.3) is 0 Å². The summed E-state index contributed by atoms with van der Waals surface area (Å²) in [5.74, 6) is -0.426. The maximum absolute atomic E-state index is 11.7. The Kier molecular flexibility index (Phi) is 6.79. The van der Waals surface area contributed by atoms with E-state index in [-0.39, 0.29) is 6.04 Å². The molecule has 4 nitrogen and oxygen atoms in total. The Morgan fingerprint density at radius 1 is 1.28 bits per heavy atom. The molecule has 6 heteroatoms. The van der Waals surface area contributed by atoms with Gasteiger partial charge in [-0.25, -0.2) is 4.79 Å². The minimum atomic E-state index is -0.426. The summed E-state index contributed by atoms with van der Waals surface area (Å²) in [6, 6.07) is 13.1. The average molecular weight is 377 g/mol. The van der Waals surface area contributed by atoms with Crippen LogP contribution in [0.15, 0.2) is 42.5 Å². The number of hydrogen-bond donors (Lipinski definition) is 2. The van der Waals surface area contributed by atoms with Crippen LogP contribution in [-0.4, -0.2) is 18.2 Å². The topological polar surface area (TPSA) is 50.4 Å². The molecule has 0 spiro atoms. The lowest BCUT2D eigenvalue weighted by molar-refractivity contribution is 0.0601. The van der Waals surface area contributed by atoms with Gasteiger partial charge in [0.1, 0.15) is 0 Å². The van der Waals surface area contributed by atoms with E-state index in [1.807, 2.05) is 12.1 Å². The van der Waals surface area contributed by atoms with Crippen molar-refractivity contribution in [2.24, 2.45) is 0 Å². The number of anilines is 1. The molecule has 0 aliphatic carbocycles. The Balaban J connectivity index is 2.14. The van der Waals surface area contributed by atoms with Gasteiger partial charge in [0.2, 0.25) is 0 Å². The molecule has 2 aromatic rings. The van der Waals surface area contributed by atoms with E-state index in [1.54, 1.807) is 18.2 Å². The SMILES string of the molecule is CC[C@@H](NC(=S)Nc1cc(C(=O)OC)ccc1Cl)c1ccccc1C. The minimum absolute atomic E-state index is 0.0868. The second kappa shape index (κ2) is 8.83. The number of hydrogen-bond acceptors (Lipinski definition) is 3. The highest BCUT2D eigenvalue weighted by Gasteiger charge is 2.14. The number of ether oxygens (including phenoxy) is 1. The van der Waals surface area contributed by atoms with Crippen molar-refractivity contribution in [3.63, 3.8) is 0 Å². The van der Waals surface area contributed by atoms with Gasteiger partial charge in [0, 0.05) is 0 Å². The zero-order valence-corrected chi connectivity index (χ0v) is 16.0. The van der Waals surface area contributed by atoms with Crippen LogP contribution >= 0.6 is 23.8 Å². The highest BCUT2D eigenvalue weighted by molar-refractivity contribution is 7.80. The number of esters is 1.